The van der Waals surface area contributed by atoms with Gasteiger partial charge in [-0.15, -0.1) is 0 Å². The number of hydrogen-bond acceptors (Lipinski definition) is 3. The van der Waals surface area contributed by atoms with E-state index >= 15 is 0 Å². The normalized spacial score (nSPS) is 26.7. The van der Waals surface area contributed by atoms with Crippen molar-refractivity contribution in [3.05, 3.63) is 0 Å². The Morgan fingerprint density at radius 2 is 2.12 bits per heavy atom. The molecule has 0 unspecified atom stereocenters. The van der Waals surface area contributed by atoms with Crippen molar-refractivity contribution in [2.24, 2.45) is 5.41 Å². The molecule has 0 spiro atoms. The molecule has 17 heavy (non-hydrogen) atoms. The highest BCUT2D eigenvalue weighted by molar-refractivity contribution is 5.78. The summed E-state index contributed by atoms with van der Waals surface area (Å²) in [5.41, 5.74) is 0.119. The smallest absolute Gasteiger partial charge is 0.234 e. The molecule has 4 heteroatoms. The Labute approximate surface area is 104 Å². The minimum atomic E-state index is 0.0654. The predicted octanol–water partition coefficient (Wildman–Crippen LogP) is 1.30. The number of hydrogen-bond donors (Lipinski definition) is 2. The molecule has 1 aliphatic carbocycles. The van der Waals surface area contributed by atoms with Crippen LogP contribution in [-0.4, -0.2) is 37.2 Å². The summed E-state index contributed by atoms with van der Waals surface area (Å²) >= 11 is 0. The molecule has 100 valence electrons. The maximum Gasteiger partial charge on any atom is 0.234 e. The van der Waals surface area contributed by atoms with E-state index in [-0.39, 0.29) is 17.4 Å². The molecule has 2 atom stereocenters. The van der Waals surface area contributed by atoms with Gasteiger partial charge in [-0.05, 0) is 27.2 Å². The molecule has 1 rings (SSSR count). The Bertz CT molecular complexity index is 264. The molecule has 2 N–H and O–H groups in total. The Kier molecular flexibility index (Phi) is 4.95. The molecule has 0 heterocycles. The van der Waals surface area contributed by atoms with Crippen LogP contribution in [0.1, 0.15) is 41.0 Å². The van der Waals surface area contributed by atoms with E-state index in [4.69, 9.17) is 4.74 Å². The van der Waals surface area contributed by atoms with E-state index in [1.165, 1.54) is 0 Å². The summed E-state index contributed by atoms with van der Waals surface area (Å²) in [6.45, 7) is 11.5. The van der Waals surface area contributed by atoms with E-state index < -0.39 is 0 Å². The van der Waals surface area contributed by atoms with Crippen molar-refractivity contribution < 1.29 is 9.53 Å². The van der Waals surface area contributed by atoms with Crippen LogP contribution < -0.4 is 10.6 Å². The summed E-state index contributed by atoms with van der Waals surface area (Å²) in [6.07, 6.45) is 1.31. The Morgan fingerprint density at radius 3 is 2.59 bits per heavy atom. The second-order valence-corrected chi connectivity index (χ2v) is 5.66. The number of amides is 1. The van der Waals surface area contributed by atoms with Crippen molar-refractivity contribution in [1.82, 2.24) is 10.6 Å². The van der Waals surface area contributed by atoms with E-state index in [0.717, 1.165) is 13.0 Å². The van der Waals surface area contributed by atoms with E-state index in [2.05, 4.69) is 24.5 Å². The number of ether oxygens (including phenoxy) is 1. The van der Waals surface area contributed by atoms with Gasteiger partial charge in [-0.2, -0.15) is 0 Å². The average Bonchev–Trinajstić information content (AvgIpc) is 2.21. The van der Waals surface area contributed by atoms with Crippen molar-refractivity contribution >= 4 is 5.91 Å². The first-order chi connectivity index (χ1) is 7.87. The summed E-state index contributed by atoms with van der Waals surface area (Å²) in [6, 6.07) is 0.576. The molecule has 0 radical (unpaired) electrons. The van der Waals surface area contributed by atoms with Gasteiger partial charge in [0.25, 0.3) is 0 Å². The van der Waals surface area contributed by atoms with Gasteiger partial charge in [-0.1, -0.05) is 13.8 Å². The molecule has 4 nitrogen and oxygen atoms in total. The predicted molar refractivity (Wildman–Crippen MR) is 68.9 cm³/mol. The summed E-state index contributed by atoms with van der Waals surface area (Å²) in [4.78, 5) is 11.5. The third kappa shape index (κ3) is 3.68. The quantitative estimate of drug-likeness (QED) is 0.738. The zero-order valence-corrected chi connectivity index (χ0v) is 11.7. The first-order valence-electron chi connectivity index (χ1n) is 6.52. The summed E-state index contributed by atoms with van der Waals surface area (Å²) in [7, 11) is 0. The Balaban J connectivity index is 2.28. The first kappa shape index (κ1) is 14.5. The molecule has 0 saturated heterocycles. The van der Waals surface area contributed by atoms with Crippen molar-refractivity contribution in [3.8, 4) is 0 Å². The first-order valence-corrected chi connectivity index (χ1v) is 6.52. The Hall–Kier alpha value is -0.610. The highest BCUT2D eigenvalue weighted by atomic mass is 16.5. The summed E-state index contributed by atoms with van der Waals surface area (Å²) in [5, 5.41) is 6.19. The molecule has 0 aromatic carbocycles. The third-order valence-corrected chi connectivity index (χ3v) is 3.50. The van der Waals surface area contributed by atoms with Gasteiger partial charge in [0.15, 0.2) is 0 Å². The maximum atomic E-state index is 11.5. The number of rotatable bonds is 6. The Morgan fingerprint density at radius 1 is 1.47 bits per heavy atom. The minimum absolute atomic E-state index is 0.0654. The van der Waals surface area contributed by atoms with Gasteiger partial charge in [-0.25, -0.2) is 0 Å². The lowest BCUT2D eigenvalue weighted by Gasteiger charge is -2.51. The van der Waals surface area contributed by atoms with Gasteiger partial charge in [0.05, 0.1) is 12.6 Å². The van der Waals surface area contributed by atoms with Crippen molar-refractivity contribution in [2.45, 2.75) is 59.2 Å². The van der Waals surface area contributed by atoms with Crippen LogP contribution in [0.3, 0.4) is 0 Å². The van der Waals surface area contributed by atoms with E-state index in [9.17, 15) is 4.79 Å². The van der Waals surface area contributed by atoms with Crippen LogP contribution in [-0.2, 0) is 9.53 Å². The van der Waals surface area contributed by atoms with E-state index in [1.54, 1.807) is 0 Å². The lowest BCUT2D eigenvalue weighted by molar-refractivity contribution is -0.126. The van der Waals surface area contributed by atoms with Crippen LogP contribution in [0.5, 0.6) is 0 Å². The van der Waals surface area contributed by atoms with Crippen LogP contribution in [0, 0.1) is 5.41 Å². The summed E-state index contributed by atoms with van der Waals surface area (Å²) in [5.74, 6) is 0.0654. The van der Waals surface area contributed by atoms with Gasteiger partial charge in [0.1, 0.15) is 0 Å². The molecule has 0 aromatic rings. The molecular weight excluding hydrogens is 216 g/mol. The molecule has 0 aromatic heterocycles. The fourth-order valence-corrected chi connectivity index (χ4v) is 2.30. The van der Waals surface area contributed by atoms with Crippen LogP contribution in [0.25, 0.3) is 0 Å². The molecular formula is C13H26N2O2. The van der Waals surface area contributed by atoms with Gasteiger partial charge in [0, 0.05) is 24.1 Å². The lowest BCUT2D eigenvalue weighted by Crippen LogP contribution is -2.62. The van der Waals surface area contributed by atoms with Crippen LogP contribution in [0.2, 0.25) is 0 Å². The third-order valence-electron chi connectivity index (χ3n) is 3.50. The van der Waals surface area contributed by atoms with Gasteiger partial charge < -0.3 is 15.4 Å². The minimum Gasteiger partial charge on any atom is -0.378 e. The second-order valence-electron chi connectivity index (χ2n) is 5.66. The topological polar surface area (TPSA) is 50.4 Å². The van der Waals surface area contributed by atoms with Crippen LogP contribution in [0.15, 0.2) is 0 Å². The fourth-order valence-electron chi connectivity index (χ4n) is 2.30. The second kappa shape index (κ2) is 5.83. The van der Waals surface area contributed by atoms with Gasteiger partial charge in [-0.3, -0.25) is 4.79 Å². The van der Waals surface area contributed by atoms with E-state index in [1.807, 2.05) is 20.8 Å². The van der Waals surface area contributed by atoms with Crippen molar-refractivity contribution in [2.75, 3.05) is 13.2 Å². The zero-order valence-electron chi connectivity index (χ0n) is 11.7. The highest BCUT2D eigenvalue weighted by Crippen LogP contribution is 2.42. The number of carbonyl (C=O) groups is 1. The molecule has 1 aliphatic rings. The SMILES string of the molecule is CCO[C@@H]1C[C@@H](NCC(=O)NC(C)C)C1(C)C. The van der Waals surface area contributed by atoms with Gasteiger partial charge in [0.2, 0.25) is 5.91 Å². The van der Waals surface area contributed by atoms with Crippen LogP contribution >= 0.6 is 0 Å². The zero-order chi connectivity index (χ0) is 13.1. The van der Waals surface area contributed by atoms with Crippen molar-refractivity contribution in [3.63, 3.8) is 0 Å². The molecule has 1 amide bonds. The standard InChI is InChI=1S/C13H26N2O2/c1-6-17-11-7-10(13(11,4)5)14-8-12(16)15-9(2)3/h9-11,14H,6-8H2,1-5H3,(H,15,16)/t10-,11-/m1/s1. The van der Waals surface area contributed by atoms with Crippen LogP contribution in [0.4, 0.5) is 0 Å². The number of nitrogens with one attached hydrogen (secondary N) is 2. The molecule has 1 fully saturated rings. The fraction of sp³-hybridized carbons (Fsp3) is 0.923. The molecule has 1 saturated carbocycles. The van der Waals surface area contributed by atoms with Crippen molar-refractivity contribution in [1.29, 1.82) is 0 Å². The maximum absolute atomic E-state index is 11.5. The van der Waals surface area contributed by atoms with E-state index in [0.29, 0.717) is 18.7 Å². The summed E-state index contributed by atoms with van der Waals surface area (Å²) < 4.78 is 5.65. The van der Waals surface area contributed by atoms with Gasteiger partial charge >= 0.3 is 0 Å². The molecule has 0 aliphatic heterocycles. The molecule has 0 bridgehead atoms. The largest absolute Gasteiger partial charge is 0.378 e. The monoisotopic (exact) mass is 242 g/mol. The number of carbonyl (C=O) groups excluding carboxylic acids is 1. The lowest BCUT2D eigenvalue weighted by atomic mass is 9.64. The average molecular weight is 242 g/mol. The highest BCUT2D eigenvalue weighted by Gasteiger charge is 2.48.